The zero-order valence-electron chi connectivity index (χ0n) is 14.1. The summed E-state index contributed by atoms with van der Waals surface area (Å²) in [6.45, 7) is 5.33. The number of aliphatic hydroxyl groups is 1. The Balaban J connectivity index is 1.90. The number of nitrogens with two attached hydrogens (primary N) is 2. The van der Waals surface area contributed by atoms with Crippen LogP contribution in [0.15, 0.2) is 0 Å². The molecule has 1 rings (SSSR count). The van der Waals surface area contributed by atoms with E-state index < -0.39 is 0 Å². The molecule has 0 aromatic carbocycles. The molecule has 8 heteroatoms. The fourth-order valence-electron chi connectivity index (χ4n) is 3.02. The Labute approximate surface area is 139 Å². The molecule has 23 heavy (non-hydrogen) atoms. The van der Waals surface area contributed by atoms with Gasteiger partial charge in [-0.15, -0.1) is 4.99 Å². The van der Waals surface area contributed by atoms with Gasteiger partial charge in [-0.05, 0) is 38.0 Å². The number of hydrogen-bond donors (Lipinski definition) is 6. The van der Waals surface area contributed by atoms with E-state index >= 15 is 0 Å². The Morgan fingerprint density at radius 1 is 0.957 bits per heavy atom. The molecule has 0 spiro atoms. The van der Waals surface area contributed by atoms with Crippen LogP contribution in [-0.4, -0.2) is 63.1 Å². The molecule has 0 radical (unpaired) electrons. The third-order valence-corrected chi connectivity index (χ3v) is 4.27. The van der Waals surface area contributed by atoms with Gasteiger partial charge in [0, 0.05) is 45.3 Å². The predicted molar refractivity (Wildman–Crippen MR) is 90.4 cm³/mol. The van der Waals surface area contributed by atoms with Gasteiger partial charge in [0.2, 0.25) is 0 Å². The molecule has 1 atom stereocenters. The Morgan fingerprint density at radius 2 is 1.57 bits per heavy atom. The van der Waals surface area contributed by atoms with Gasteiger partial charge in [0.1, 0.15) is 0 Å². The molecule has 0 aliphatic heterocycles. The highest BCUT2D eigenvalue weighted by molar-refractivity contribution is 4.77. The first-order valence-corrected chi connectivity index (χ1v) is 8.77. The molecule has 0 bridgehead atoms. The monoisotopic (exact) mass is 333 g/mol. The minimum atomic E-state index is 0.142. The number of nitrogens with one attached hydrogen (secondary N) is 3. The molecule has 1 aliphatic rings. The molecule has 1 fully saturated rings. The van der Waals surface area contributed by atoms with Gasteiger partial charge in [0.25, 0.3) is 0 Å². The summed E-state index contributed by atoms with van der Waals surface area (Å²) < 4.78 is 0. The van der Waals surface area contributed by atoms with Gasteiger partial charge >= 0.3 is 0 Å². The first-order chi connectivity index (χ1) is 11.3. The van der Waals surface area contributed by atoms with Crippen LogP contribution in [0.5, 0.6) is 0 Å². The Morgan fingerprint density at radius 3 is 2.17 bits per heavy atom. The van der Waals surface area contributed by atoms with Gasteiger partial charge in [-0.3, -0.25) is 0 Å². The highest BCUT2D eigenvalue weighted by atomic mass is 17.3. The molecule has 0 amide bonds. The van der Waals surface area contributed by atoms with Crippen LogP contribution in [0, 0.1) is 5.92 Å². The van der Waals surface area contributed by atoms with E-state index in [4.69, 9.17) is 21.6 Å². The Hall–Kier alpha value is -0.320. The Bertz CT molecular complexity index is 265. The smallest absolute Gasteiger partial charge is 0.0950 e. The Kier molecular flexibility index (Phi) is 12.7. The van der Waals surface area contributed by atoms with Gasteiger partial charge in [-0.1, -0.05) is 0 Å². The maximum Gasteiger partial charge on any atom is 0.0950 e. The standard InChI is InChI=1S/C15H35N5O3/c16-14(11-13-1-3-15(4-2-13)22-23-17)12-20-8-7-18-5-6-19-9-10-21/h13-15,18-21H,1-12,16-17H2. The quantitative estimate of drug-likeness (QED) is 0.134. The molecular formula is C15H35N5O3. The average Bonchev–Trinajstić information content (AvgIpc) is 2.55. The maximum atomic E-state index is 8.62. The van der Waals surface area contributed by atoms with Crippen molar-refractivity contribution in [3.05, 3.63) is 0 Å². The summed E-state index contributed by atoms with van der Waals surface area (Å²) in [6, 6.07) is 0.203. The third kappa shape index (κ3) is 11.0. The molecule has 138 valence electrons. The molecule has 1 aliphatic carbocycles. The second-order valence-corrected chi connectivity index (χ2v) is 6.26. The summed E-state index contributed by atoms with van der Waals surface area (Å²) in [5.41, 5.74) is 6.20. The number of rotatable bonds is 14. The molecule has 0 heterocycles. The SMILES string of the molecule is NOOC1CCC(CC(N)CNCCNCCNCCO)CC1. The van der Waals surface area contributed by atoms with Gasteiger partial charge < -0.3 is 26.8 Å². The van der Waals surface area contributed by atoms with E-state index in [1.54, 1.807) is 0 Å². The minimum Gasteiger partial charge on any atom is -0.395 e. The largest absolute Gasteiger partial charge is 0.395 e. The van der Waals surface area contributed by atoms with Crippen LogP contribution in [0.3, 0.4) is 0 Å². The van der Waals surface area contributed by atoms with Crippen LogP contribution in [0.1, 0.15) is 32.1 Å². The highest BCUT2D eigenvalue weighted by Crippen LogP contribution is 2.28. The molecule has 0 aromatic heterocycles. The van der Waals surface area contributed by atoms with Crippen LogP contribution in [0.4, 0.5) is 0 Å². The van der Waals surface area contributed by atoms with E-state index in [0.29, 0.717) is 12.5 Å². The topological polar surface area (TPSA) is 127 Å². The molecule has 1 saturated carbocycles. The summed E-state index contributed by atoms with van der Waals surface area (Å²) in [5, 5.41) is 18.5. The van der Waals surface area contributed by atoms with Crippen LogP contribution in [-0.2, 0) is 9.88 Å². The lowest BCUT2D eigenvalue weighted by Crippen LogP contribution is -2.39. The van der Waals surface area contributed by atoms with E-state index in [1.165, 1.54) is 0 Å². The van der Waals surface area contributed by atoms with E-state index in [1.807, 2.05) is 0 Å². The average molecular weight is 333 g/mol. The fourth-order valence-corrected chi connectivity index (χ4v) is 3.02. The summed E-state index contributed by atoms with van der Waals surface area (Å²) in [6.07, 6.45) is 5.45. The highest BCUT2D eigenvalue weighted by Gasteiger charge is 2.23. The second kappa shape index (κ2) is 14.1. The van der Waals surface area contributed by atoms with Crippen LogP contribution in [0.25, 0.3) is 0 Å². The van der Waals surface area contributed by atoms with Crippen molar-refractivity contribution in [1.82, 2.24) is 16.0 Å². The summed E-state index contributed by atoms with van der Waals surface area (Å²) >= 11 is 0. The molecule has 1 unspecified atom stereocenters. The van der Waals surface area contributed by atoms with E-state index in [2.05, 4.69) is 20.9 Å². The lowest BCUT2D eigenvalue weighted by atomic mass is 9.83. The lowest BCUT2D eigenvalue weighted by Gasteiger charge is -2.28. The van der Waals surface area contributed by atoms with E-state index in [9.17, 15) is 0 Å². The summed E-state index contributed by atoms with van der Waals surface area (Å²) in [7, 11) is 0. The molecule has 8 N–H and O–H groups in total. The first kappa shape index (κ1) is 20.7. The normalized spacial score (nSPS) is 23.1. The second-order valence-electron chi connectivity index (χ2n) is 6.26. The van der Waals surface area contributed by atoms with E-state index in [-0.39, 0.29) is 18.8 Å². The van der Waals surface area contributed by atoms with Crippen molar-refractivity contribution in [1.29, 1.82) is 0 Å². The molecule has 0 saturated heterocycles. The van der Waals surface area contributed by atoms with Crippen molar-refractivity contribution in [3.8, 4) is 0 Å². The zero-order chi connectivity index (χ0) is 16.8. The van der Waals surface area contributed by atoms with Crippen molar-refractivity contribution in [2.24, 2.45) is 17.5 Å². The molecule has 0 aromatic rings. The zero-order valence-corrected chi connectivity index (χ0v) is 14.1. The van der Waals surface area contributed by atoms with Gasteiger partial charge in [0.15, 0.2) is 0 Å². The van der Waals surface area contributed by atoms with Gasteiger partial charge in [-0.2, -0.15) is 5.90 Å². The fraction of sp³-hybridized carbons (Fsp3) is 1.00. The van der Waals surface area contributed by atoms with E-state index in [0.717, 1.165) is 64.8 Å². The van der Waals surface area contributed by atoms with Crippen molar-refractivity contribution in [2.45, 2.75) is 44.2 Å². The van der Waals surface area contributed by atoms with Crippen molar-refractivity contribution >= 4 is 0 Å². The summed E-state index contributed by atoms with van der Waals surface area (Å²) in [4.78, 5) is 9.23. The van der Waals surface area contributed by atoms with Crippen LogP contribution in [0.2, 0.25) is 0 Å². The third-order valence-electron chi connectivity index (χ3n) is 4.27. The predicted octanol–water partition coefficient (Wildman–Crippen LogP) is -1.15. The first-order valence-electron chi connectivity index (χ1n) is 8.77. The lowest BCUT2D eigenvalue weighted by molar-refractivity contribution is -0.334. The molecule has 8 nitrogen and oxygen atoms in total. The summed E-state index contributed by atoms with van der Waals surface area (Å²) in [5.74, 6) is 5.61. The van der Waals surface area contributed by atoms with Crippen LogP contribution < -0.4 is 27.6 Å². The number of hydrogen-bond acceptors (Lipinski definition) is 8. The molecular weight excluding hydrogens is 298 g/mol. The van der Waals surface area contributed by atoms with Crippen molar-refractivity contribution < 1.29 is 15.0 Å². The maximum absolute atomic E-state index is 8.62. The minimum absolute atomic E-state index is 0.142. The number of aliphatic hydroxyl groups excluding tert-OH is 1. The van der Waals surface area contributed by atoms with Gasteiger partial charge in [-0.25, -0.2) is 4.89 Å². The van der Waals surface area contributed by atoms with Crippen LogP contribution >= 0.6 is 0 Å². The van der Waals surface area contributed by atoms with Gasteiger partial charge in [0.05, 0.1) is 12.7 Å². The van der Waals surface area contributed by atoms with Crippen molar-refractivity contribution in [3.63, 3.8) is 0 Å². The van der Waals surface area contributed by atoms with Crippen molar-refractivity contribution in [2.75, 3.05) is 45.9 Å².